The van der Waals surface area contributed by atoms with Crippen LogP contribution in [0.4, 0.5) is 5.82 Å². The molecule has 2 heterocycles. The van der Waals surface area contributed by atoms with E-state index in [1.165, 1.54) is 6.33 Å². The van der Waals surface area contributed by atoms with Crippen LogP contribution in [-0.2, 0) is 9.47 Å². The predicted octanol–water partition coefficient (Wildman–Crippen LogP) is 1.62. The number of amides is 1. The van der Waals surface area contributed by atoms with Gasteiger partial charge in [0.25, 0.3) is 5.91 Å². The van der Waals surface area contributed by atoms with Gasteiger partial charge in [-0.3, -0.25) is 4.79 Å². The highest BCUT2D eigenvalue weighted by atomic mass is 16.5. The van der Waals surface area contributed by atoms with Gasteiger partial charge in [0.15, 0.2) is 0 Å². The van der Waals surface area contributed by atoms with Crippen LogP contribution in [0.5, 0.6) is 0 Å². The quantitative estimate of drug-likeness (QED) is 0.858. The summed E-state index contributed by atoms with van der Waals surface area (Å²) in [4.78, 5) is 23.3. The van der Waals surface area contributed by atoms with Crippen LogP contribution in [0, 0.1) is 0 Å². The van der Waals surface area contributed by atoms with Crippen LogP contribution in [0.1, 0.15) is 23.2 Å². The number of anilines is 1. The van der Waals surface area contributed by atoms with Crippen LogP contribution in [0.2, 0.25) is 0 Å². The highest BCUT2D eigenvalue weighted by Gasteiger charge is 2.36. The normalized spacial score (nSPS) is 20.0. The minimum absolute atomic E-state index is 0.117. The summed E-state index contributed by atoms with van der Waals surface area (Å²) >= 11 is 0. The first-order chi connectivity index (χ1) is 12.0. The maximum absolute atomic E-state index is 12.8. The first-order valence-electron chi connectivity index (χ1n) is 8.36. The number of fused-ring (bicyclic) bond motifs is 1. The molecule has 0 spiro atoms. The summed E-state index contributed by atoms with van der Waals surface area (Å²) in [6, 6.07) is 5.51. The molecule has 1 aliphatic rings. The molecule has 3 rings (SSSR count). The Balaban J connectivity index is 1.84. The second kappa shape index (κ2) is 7.33. The average molecular weight is 344 g/mol. The van der Waals surface area contributed by atoms with E-state index in [4.69, 9.17) is 9.47 Å². The molecular formula is C18H24N4O3. The fourth-order valence-electron chi connectivity index (χ4n) is 3.12. The SMILES string of the molecule is COCCC1(NC(=O)c2ccc3c(N(C)C)ncnc3c2)CCOC1. The second-order valence-electron chi connectivity index (χ2n) is 6.60. The first-order valence-corrected chi connectivity index (χ1v) is 8.36. The third-order valence-corrected chi connectivity index (χ3v) is 4.57. The topological polar surface area (TPSA) is 76.6 Å². The monoisotopic (exact) mass is 344 g/mol. The van der Waals surface area contributed by atoms with E-state index in [1.54, 1.807) is 13.2 Å². The lowest BCUT2D eigenvalue weighted by molar-refractivity contribution is 0.0829. The van der Waals surface area contributed by atoms with E-state index < -0.39 is 0 Å². The number of hydrogen-bond donors (Lipinski definition) is 1. The first kappa shape index (κ1) is 17.6. The smallest absolute Gasteiger partial charge is 0.251 e. The molecule has 0 saturated carbocycles. The fraction of sp³-hybridized carbons (Fsp3) is 0.500. The Morgan fingerprint density at radius 1 is 1.40 bits per heavy atom. The molecule has 1 aromatic carbocycles. The Morgan fingerprint density at radius 2 is 2.24 bits per heavy atom. The van der Waals surface area contributed by atoms with Crippen LogP contribution in [0.25, 0.3) is 10.9 Å². The molecule has 1 N–H and O–H groups in total. The molecule has 0 bridgehead atoms. The van der Waals surface area contributed by atoms with Crippen molar-refractivity contribution in [3.05, 3.63) is 30.1 Å². The van der Waals surface area contributed by atoms with Gasteiger partial charge in [0.1, 0.15) is 12.1 Å². The Bertz CT molecular complexity index is 757. The maximum atomic E-state index is 12.8. The number of methoxy groups -OCH3 is 1. The maximum Gasteiger partial charge on any atom is 0.251 e. The molecule has 1 saturated heterocycles. The Labute approximate surface area is 147 Å². The molecule has 0 aliphatic carbocycles. The molecule has 7 heteroatoms. The minimum atomic E-state index is -0.359. The molecule has 134 valence electrons. The van der Waals surface area contributed by atoms with Crippen molar-refractivity contribution in [2.45, 2.75) is 18.4 Å². The summed E-state index contributed by atoms with van der Waals surface area (Å²) in [6.07, 6.45) is 3.04. The van der Waals surface area contributed by atoms with E-state index in [0.29, 0.717) is 25.4 Å². The molecule has 1 atom stereocenters. The number of benzene rings is 1. The zero-order valence-electron chi connectivity index (χ0n) is 14.9. The Kier molecular flexibility index (Phi) is 5.15. The lowest BCUT2D eigenvalue weighted by Gasteiger charge is -2.28. The molecule has 7 nitrogen and oxygen atoms in total. The zero-order valence-corrected chi connectivity index (χ0v) is 14.9. The molecule has 2 aromatic rings. The van der Waals surface area contributed by atoms with E-state index >= 15 is 0 Å². The lowest BCUT2D eigenvalue weighted by atomic mass is 9.94. The van der Waals surface area contributed by atoms with Gasteiger partial charge in [-0.1, -0.05) is 0 Å². The number of rotatable bonds is 6. The highest BCUT2D eigenvalue weighted by Crippen LogP contribution is 2.25. The van der Waals surface area contributed by atoms with Gasteiger partial charge in [0.2, 0.25) is 0 Å². The van der Waals surface area contributed by atoms with Gasteiger partial charge < -0.3 is 19.7 Å². The Morgan fingerprint density at radius 3 is 2.92 bits per heavy atom. The summed E-state index contributed by atoms with van der Waals surface area (Å²) in [5.41, 5.74) is 0.974. The molecule has 0 radical (unpaired) electrons. The van der Waals surface area contributed by atoms with Crippen molar-refractivity contribution < 1.29 is 14.3 Å². The molecular weight excluding hydrogens is 320 g/mol. The fourth-order valence-corrected chi connectivity index (χ4v) is 3.12. The van der Waals surface area contributed by atoms with E-state index in [-0.39, 0.29) is 11.4 Å². The number of carbonyl (C=O) groups excluding carboxylic acids is 1. The number of carbonyl (C=O) groups is 1. The Hall–Kier alpha value is -2.25. The third-order valence-electron chi connectivity index (χ3n) is 4.57. The van der Waals surface area contributed by atoms with Gasteiger partial charge in [-0.15, -0.1) is 0 Å². The minimum Gasteiger partial charge on any atom is -0.385 e. The van der Waals surface area contributed by atoms with E-state index in [2.05, 4.69) is 15.3 Å². The van der Waals surface area contributed by atoms with Gasteiger partial charge in [-0.2, -0.15) is 0 Å². The van der Waals surface area contributed by atoms with E-state index in [0.717, 1.165) is 29.6 Å². The summed E-state index contributed by atoms with van der Waals surface area (Å²) in [5.74, 6) is 0.714. The van der Waals surface area contributed by atoms with Gasteiger partial charge in [-0.05, 0) is 31.0 Å². The van der Waals surface area contributed by atoms with Gasteiger partial charge >= 0.3 is 0 Å². The number of nitrogens with one attached hydrogen (secondary N) is 1. The largest absolute Gasteiger partial charge is 0.385 e. The van der Waals surface area contributed by atoms with Crippen molar-refractivity contribution in [1.82, 2.24) is 15.3 Å². The van der Waals surface area contributed by atoms with Crippen molar-refractivity contribution in [2.24, 2.45) is 0 Å². The van der Waals surface area contributed by atoms with Gasteiger partial charge in [-0.25, -0.2) is 9.97 Å². The predicted molar refractivity (Wildman–Crippen MR) is 96.0 cm³/mol. The second-order valence-corrected chi connectivity index (χ2v) is 6.60. The molecule has 1 unspecified atom stereocenters. The van der Waals surface area contributed by atoms with E-state index in [1.807, 2.05) is 31.1 Å². The van der Waals surface area contributed by atoms with E-state index in [9.17, 15) is 4.79 Å². The van der Waals surface area contributed by atoms with Crippen molar-refractivity contribution in [3.8, 4) is 0 Å². The van der Waals surface area contributed by atoms with Crippen LogP contribution in [0.15, 0.2) is 24.5 Å². The summed E-state index contributed by atoms with van der Waals surface area (Å²) in [5, 5.41) is 4.07. The summed E-state index contributed by atoms with van der Waals surface area (Å²) in [6.45, 7) is 1.75. The standard InChI is InChI=1S/C18H24N4O3/c1-22(2)16-14-5-4-13(10-15(14)19-12-20-16)17(23)21-18(6-8-24-3)7-9-25-11-18/h4-5,10,12H,6-9,11H2,1-3H3,(H,21,23). The highest BCUT2D eigenvalue weighted by molar-refractivity contribution is 6.00. The number of hydrogen-bond acceptors (Lipinski definition) is 6. The number of nitrogens with zero attached hydrogens (tertiary/aromatic N) is 3. The average Bonchev–Trinajstić information content (AvgIpc) is 3.07. The van der Waals surface area contributed by atoms with Crippen LogP contribution < -0.4 is 10.2 Å². The lowest BCUT2D eigenvalue weighted by Crippen LogP contribution is -2.49. The van der Waals surface area contributed by atoms with Crippen LogP contribution >= 0.6 is 0 Å². The van der Waals surface area contributed by atoms with Crippen molar-refractivity contribution in [1.29, 1.82) is 0 Å². The molecule has 1 aromatic heterocycles. The van der Waals surface area contributed by atoms with Crippen molar-refractivity contribution in [2.75, 3.05) is 45.9 Å². The van der Waals surface area contributed by atoms with Gasteiger partial charge in [0, 0.05) is 45.4 Å². The molecule has 1 aliphatic heterocycles. The molecule has 1 fully saturated rings. The summed E-state index contributed by atoms with van der Waals surface area (Å²) < 4.78 is 10.7. The number of ether oxygens (including phenoxy) is 2. The molecule has 1 amide bonds. The van der Waals surface area contributed by atoms with Crippen molar-refractivity contribution >= 4 is 22.6 Å². The van der Waals surface area contributed by atoms with Crippen LogP contribution in [0.3, 0.4) is 0 Å². The number of aromatic nitrogens is 2. The van der Waals surface area contributed by atoms with Crippen LogP contribution in [-0.4, -0.2) is 62.4 Å². The zero-order chi connectivity index (χ0) is 17.9. The molecule has 25 heavy (non-hydrogen) atoms. The van der Waals surface area contributed by atoms with Crippen molar-refractivity contribution in [3.63, 3.8) is 0 Å². The summed E-state index contributed by atoms with van der Waals surface area (Å²) in [7, 11) is 5.53. The van der Waals surface area contributed by atoms with Gasteiger partial charge in [0.05, 0.1) is 17.7 Å². The third kappa shape index (κ3) is 3.72.